The lowest BCUT2D eigenvalue weighted by Gasteiger charge is -2.04. The van der Waals surface area contributed by atoms with Gasteiger partial charge in [0.1, 0.15) is 5.82 Å². The summed E-state index contributed by atoms with van der Waals surface area (Å²) in [6.45, 7) is 0. The molecule has 1 aromatic heterocycles. The van der Waals surface area contributed by atoms with E-state index in [1.807, 2.05) is 0 Å². The maximum Gasteiger partial charge on any atom is 0.338 e. The van der Waals surface area contributed by atoms with Crippen molar-refractivity contribution in [3.63, 3.8) is 0 Å². The Morgan fingerprint density at radius 3 is 2.00 bits per heavy atom. The second-order valence-corrected chi connectivity index (χ2v) is 5.24. The molecule has 3 fully saturated rings. The van der Waals surface area contributed by atoms with Gasteiger partial charge < -0.3 is 5.11 Å². The molecule has 1 heterocycles. The lowest BCUT2D eigenvalue weighted by Crippen LogP contribution is -2.00. The Hall–Kier alpha value is -1.45. The molecular weight excluding hydrogens is 216 g/mol. The van der Waals surface area contributed by atoms with Crippen molar-refractivity contribution in [3.05, 3.63) is 23.8 Å². The van der Waals surface area contributed by atoms with E-state index in [9.17, 15) is 4.79 Å². The van der Waals surface area contributed by atoms with Gasteiger partial charge in [0.05, 0.1) is 5.56 Å². The first-order chi connectivity index (χ1) is 8.24. The first kappa shape index (κ1) is 10.7. The van der Waals surface area contributed by atoms with Crippen LogP contribution in [0.3, 0.4) is 0 Å². The topological polar surface area (TPSA) is 63.1 Å². The van der Waals surface area contributed by atoms with E-state index in [0.29, 0.717) is 5.92 Å². The van der Waals surface area contributed by atoms with Crippen molar-refractivity contribution in [1.82, 2.24) is 9.97 Å². The minimum atomic E-state index is -0.975. The number of hydrogen-bond donors (Lipinski definition) is 1. The zero-order chi connectivity index (χ0) is 11.8. The summed E-state index contributed by atoms with van der Waals surface area (Å²) in [4.78, 5) is 18.4. The highest BCUT2D eigenvalue weighted by Crippen LogP contribution is 2.55. The maximum atomic E-state index is 10.4. The van der Waals surface area contributed by atoms with Gasteiger partial charge in [-0.1, -0.05) is 0 Å². The predicted octanol–water partition coefficient (Wildman–Crippen LogP) is 2.47. The van der Waals surface area contributed by atoms with Crippen molar-refractivity contribution in [2.75, 3.05) is 0 Å². The number of fused-ring (bicyclic) bond motifs is 1. The highest BCUT2D eigenvalue weighted by atomic mass is 16.4. The van der Waals surface area contributed by atoms with Crippen LogP contribution >= 0.6 is 0 Å². The van der Waals surface area contributed by atoms with Gasteiger partial charge in [0.25, 0.3) is 0 Å². The Bertz CT molecular complexity index is 414. The SMILES string of the molecule is C1CC2CC12.O=C(O)c1cnc(C2CC2)nc1. The highest BCUT2D eigenvalue weighted by molar-refractivity contribution is 5.86. The van der Waals surface area contributed by atoms with Crippen LogP contribution in [0.25, 0.3) is 0 Å². The first-order valence-corrected chi connectivity index (χ1v) is 6.29. The molecule has 90 valence electrons. The Morgan fingerprint density at radius 1 is 1.12 bits per heavy atom. The van der Waals surface area contributed by atoms with Crippen molar-refractivity contribution in [2.45, 2.75) is 38.0 Å². The minimum Gasteiger partial charge on any atom is -0.478 e. The molecule has 4 nitrogen and oxygen atoms in total. The van der Waals surface area contributed by atoms with Crippen molar-refractivity contribution >= 4 is 5.97 Å². The van der Waals surface area contributed by atoms with Crippen molar-refractivity contribution < 1.29 is 9.90 Å². The van der Waals surface area contributed by atoms with Gasteiger partial charge >= 0.3 is 5.97 Å². The fourth-order valence-corrected chi connectivity index (χ4v) is 2.18. The van der Waals surface area contributed by atoms with Crippen LogP contribution in [0, 0.1) is 11.8 Å². The number of carboxylic acids is 1. The molecule has 0 aromatic carbocycles. The Kier molecular flexibility index (Phi) is 2.57. The van der Waals surface area contributed by atoms with Gasteiger partial charge in [-0.15, -0.1) is 0 Å². The summed E-state index contributed by atoms with van der Waals surface area (Å²) in [6.07, 6.45) is 9.69. The van der Waals surface area contributed by atoms with Crippen molar-refractivity contribution in [2.24, 2.45) is 11.8 Å². The molecule has 1 N–H and O–H groups in total. The average molecular weight is 232 g/mol. The van der Waals surface area contributed by atoms with Crippen LogP contribution in [0.5, 0.6) is 0 Å². The number of carbonyl (C=O) groups is 1. The molecule has 0 bridgehead atoms. The van der Waals surface area contributed by atoms with Crippen LogP contribution in [0.15, 0.2) is 12.4 Å². The van der Waals surface area contributed by atoms with Gasteiger partial charge in [-0.25, -0.2) is 14.8 Å². The monoisotopic (exact) mass is 232 g/mol. The lowest BCUT2D eigenvalue weighted by atomic mass is 10.0. The molecule has 0 aliphatic heterocycles. The van der Waals surface area contributed by atoms with Gasteiger partial charge in [0.2, 0.25) is 0 Å². The maximum absolute atomic E-state index is 10.4. The summed E-state index contributed by atoms with van der Waals surface area (Å²) in [6, 6.07) is 0. The van der Waals surface area contributed by atoms with E-state index in [-0.39, 0.29) is 5.56 Å². The first-order valence-electron chi connectivity index (χ1n) is 6.29. The number of carboxylic acid groups (broad SMARTS) is 1. The number of rotatable bonds is 2. The normalized spacial score (nSPS) is 28.2. The third-order valence-electron chi connectivity index (χ3n) is 3.84. The lowest BCUT2D eigenvalue weighted by molar-refractivity contribution is 0.0696. The second-order valence-electron chi connectivity index (χ2n) is 5.24. The van der Waals surface area contributed by atoms with Crippen molar-refractivity contribution in [1.29, 1.82) is 0 Å². The largest absolute Gasteiger partial charge is 0.478 e. The molecule has 3 aliphatic carbocycles. The molecule has 0 spiro atoms. The fraction of sp³-hybridized carbons (Fsp3) is 0.615. The third kappa shape index (κ3) is 2.46. The summed E-state index contributed by atoms with van der Waals surface area (Å²) in [5, 5.41) is 8.55. The molecule has 0 saturated heterocycles. The average Bonchev–Trinajstić information content (AvgIpc) is 3.19. The van der Waals surface area contributed by atoms with Gasteiger partial charge in [-0.05, 0) is 43.9 Å². The van der Waals surface area contributed by atoms with E-state index in [2.05, 4.69) is 9.97 Å². The van der Waals surface area contributed by atoms with E-state index in [4.69, 9.17) is 5.11 Å². The predicted molar refractivity (Wildman–Crippen MR) is 61.8 cm³/mol. The van der Waals surface area contributed by atoms with Crippen LogP contribution in [0.1, 0.15) is 54.2 Å². The van der Waals surface area contributed by atoms with E-state index < -0.39 is 5.97 Å². The summed E-state index contributed by atoms with van der Waals surface area (Å²) >= 11 is 0. The molecule has 17 heavy (non-hydrogen) atoms. The summed E-state index contributed by atoms with van der Waals surface area (Å²) < 4.78 is 0. The molecule has 1 aromatic rings. The van der Waals surface area contributed by atoms with Gasteiger partial charge in [-0.2, -0.15) is 0 Å². The molecular formula is C13H16N2O2. The van der Waals surface area contributed by atoms with E-state index in [0.717, 1.165) is 18.7 Å². The van der Waals surface area contributed by atoms with E-state index in [1.54, 1.807) is 19.3 Å². The number of aromatic carboxylic acids is 1. The highest BCUT2D eigenvalue weighted by Gasteiger charge is 2.44. The summed E-state index contributed by atoms with van der Waals surface area (Å²) in [5.74, 6) is 2.75. The molecule has 2 atom stereocenters. The van der Waals surface area contributed by atoms with Crippen LogP contribution in [0.4, 0.5) is 0 Å². The summed E-state index contributed by atoms with van der Waals surface area (Å²) in [5.41, 5.74) is 0.152. The molecule has 0 radical (unpaired) electrons. The fourth-order valence-electron chi connectivity index (χ4n) is 2.18. The van der Waals surface area contributed by atoms with Crippen molar-refractivity contribution in [3.8, 4) is 0 Å². The standard InChI is InChI=1S/C8H8N2O2.C5H8/c11-8(12)6-3-9-7(10-4-6)5-1-2-5;1-2-5-3-4(1)5/h3-5H,1-2H2,(H,11,12);4-5H,1-3H2. The van der Waals surface area contributed by atoms with E-state index >= 15 is 0 Å². The third-order valence-corrected chi connectivity index (χ3v) is 3.84. The molecule has 3 aliphatic rings. The van der Waals surface area contributed by atoms with Crippen LogP contribution in [-0.4, -0.2) is 21.0 Å². The molecule has 3 saturated carbocycles. The molecule has 2 unspecified atom stereocenters. The van der Waals surface area contributed by atoms with Gasteiger partial charge in [-0.3, -0.25) is 0 Å². The number of nitrogens with zero attached hydrogens (tertiary/aromatic N) is 2. The van der Waals surface area contributed by atoms with Crippen LogP contribution in [0.2, 0.25) is 0 Å². The quantitative estimate of drug-likeness (QED) is 0.850. The Labute approximate surface area is 100 Å². The number of aromatic nitrogens is 2. The Balaban J connectivity index is 0.000000147. The van der Waals surface area contributed by atoms with Gasteiger partial charge in [0, 0.05) is 18.3 Å². The zero-order valence-corrected chi connectivity index (χ0v) is 9.67. The molecule has 0 amide bonds. The second kappa shape index (κ2) is 4.09. The van der Waals surface area contributed by atoms with Gasteiger partial charge in [0.15, 0.2) is 0 Å². The summed E-state index contributed by atoms with van der Waals surface area (Å²) in [7, 11) is 0. The Morgan fingerprint density at radius 2 is 1.71 bits per heavy atom. The number of hydrogen-bond acceptors (Lipinski definition) is 3. The zero-order valence-electron chi connectivity index (χ0n) is 9.67. The van der Waals surface area contributed by atoms with E-state index in [1.165, 1.54) is 24.2 Å². The minimum absolute atomic E-state index is 0.152. The molecule has 4 heteroatoms. The molecule has 4 rings (SSSR count). The van der Waals surface area contributed by atoms with Crippen LogP contribution in [-0.2, 0) is 0 Å². The smallest absolute Gasteiger partial charge is 0.338 e. The van der Waals surface area contributed by atoms with Crippen LogP contribution < -0.4 is 0 Å².